The lowest BCUT2D eigenvalue weighted by molar-refractivity contribution is 0.324. The van der Waals surface area contributed by atoms with Crippen molar-refractivity contribution in [3.63, 3.8) is 0 Å². The number of unbranched alkanes of at least 4 members (excludes halogenated alkanes) is 15. The molecule has 0 aliphatic carbocycles. The summed E-state index contributed by atoms with van der Waals surface area (Å²) in [4.78, 5) is 7.45. The number of aromatic amines is 1. The molecule has 7 heteroatoms. The average molecular weight is 433 g/mol. The van der Waals surface area contributed by atoms with E-state index in [1.165, 1.54) is 103 Å². The Morgan fingerprint density at radius 1 is 0.828 bits per heavy atom. The Morgan fingerprint density at radius 3 is 1.52 bits per heavy atom. The molecule has 0 fully saturated rings. The number of nitrogens with zero attached hydrogens (tertiary/aromatic N) is 1. The molecule has 0 saturated heterocycles. The molecule has 2 N–H and O–H groups in total. The summed E-state index contributed by atoms with van der Waals surface area (Å²) in [7, 11) is -3.29. The van der Waals surface area contributed by atoms with Gasteiger partial charge in [0, 0.05) is 18.8 Å². The van der Waals surface area contributed by atoms with Crippen molar-refractivity contribution in [2.24, 2.45) is 0 Å². The van der Waals surface area contributed by atoms with Gasteiger partial charge in [-0.15, -0.1) is 0 Å². The minimum Gasteiger partial charge on any atom is -0.349 e. The van der Waals surface area contributed by atoms with Crippen LogP contribution < -0.4 is 0 Å². The van der Waals surface area contributed by atoms with Gasteiger partial charge in [0.05, 0.1) is 7.11 Å². The number of imidazole rings is 1. The third-order valence-corrected chi connectivity index (χ3v) is 5.45. The molecule has 1 aromatic heterocycles. The Labute approximate surface area is 179 Å². The van der Waals surface area contributed by atoms with Crippen LogP contribution in [0.1, 0.15) is 115 Å². The van der Waals surface area contributed by atoms with Crippen molar-refractivity contribution in [3.8, 4) is 0 Å². The van der Waals surface area contributed by atoms with Crippen LogP contribution in [0.3, 0.4) is 0 Å². The predicted molar refractivity (Wildman–Crippen MR) is 120 cm³/mol. The van der Waals surface area contributed by atoms with Crippen LogP contribution in [0.5, 0.6) is 0 Å². The van der Waals surface area contributed by atoms with E-state index in [-0.39, 0.29) is 0 Å². The van der Waals surface area contributed by atoms with E-state index >= 15 is 0 Å². The molecule has 0 amide bonds. The van der Waals surface area contributed by atoms with Gasteiger partial charge in [-0.1, -0.05) is 103 Å². The fraction of sp³-hybridized carbons (Fsp3) is 0.864. The Hall–Kier alpha value is -0.920. The summed E-state index contributed by atoms with van der Waals surface area (Å²) in [6.45, 7) is 2.29. The van der Waals surface area contributed by atoms with Crippen LogP contribution in [0.15, 0.2) is 12.4 Å². The number of rotatable bonds is 18. The molecule has 0 atom stereocenters. The summed E-state index contributed by atoms with van der Waals surface area (Å²) < 4.78 is 29.7. The quantitative estimate of drug-likeness (QED) is 0.200. The lowest BCUT2D eigenvalue weighted by atomic mass is 10.0. The van der Waals surface area contributed by atoms with Crippen LogP contribution in [-0.2, 0) is 21.0 Å². The summed E-state index contributed by atoms with van der Waals surface area (Å²) in [5, 5.41) is 0. The van der Waals surface area contributed by atoms with Crippen LogP contribution in [0.25, 0.3) is 0 Å². The molecule has 1 aromatic rings. The second kappa shape index (κ2) is 20.4. The first-order valence-electron chi connectivity index (χ1n) is 11.5. The third kappa shape index (κ3) is 23.2. The number of aromatic nitrogens is 2. The fourth-order valence-electron chi connectivity index (χ4n) is 3.28. The van der Waals surface area contributed by atoms with Crippen molar-refractivity contribution in [1.29, 1.82) is 0 Å². The zero-order chi connectivity index (χ0) is 21.6. The summed E-state index contributed by atoms with van der Waals surface area (Å²) in [5.41, 5.74) is 0. The molecule has 6 nitrogen and oxygen atoms in total. The summed E-state index contributed by atoms with van der Waals surface area (Å²) in [6.07, 6.45) is 27.8. The van der Waals surface area contributed by atoms with E-state index in [1.54, 1.807) is 0 Å². The Morgan fingerprint density at radius 2 is 1.21 bits per heavy atom. The molecule has 1 heterocycles. The molecule has 0 bridgehead atoms. The highest BCUT2D eigenvalue weighted by molar-refractivity contribution is 7.80. The van der Waals surface area contributed by atoms with Crippen LogP contribution in [0.4, 0.5) is 0 Å². The average Bonchev–Trinajstić information content (AvgIpc) is 3.21. The van der Waals surface area contributed by atoms with E-state index in [0.29, 0.717) is 0 Å². The largest absolute Gasteiger partial charge is 0.397 e. The van der Waals surface area contributed by atoms with Gasteiger partial charge in [-0.2, -0.15) is 8.42 Å². The number of hydrogen-bond donors (Lipinski definition) is 2. The smallest absolute Gasteiger partial charge is 0.349 e. The number of aryl methyl sites for hydroxylation is 1. The Bertz CT molecular complexity index is 533. The van der Waals surface area contributed by atoms with Crippen molar-refractivity contribution in [3.05, 3.63) is 18.2 Å². The molecule has 0 spiro atoms. The third-order valence-electron chi connectivity index (χ3n) is 5.03. The van der Waals surface area contributed by atoms with Gasteiger partial charge in [0.25, 0.3) is 0 Å². The van der Waals surface area contributed by atoms with Gasteiger partial charge in [0.1, 0.15) is 5.82 Å². The van der Waals surface area contributed by atoms with Gasteiger partial charge in [0.15, 0.2) is 0 Å². The second-order valence-electron chi connectivity index (χ2n) is 7.68. The number of hydrogen-bond acceptors (Lipinski definition) is 4. The minimum absolute atomic E-state index is 0.870. The van der Waals surface area contributed by atoms with Gasteiger partial charge >= 0.3 is 10.4 Å². The van der Waals surface area contributed by atoms with Crippen molar-refractivity contribution in [2.75, 3.05) is 7.11 Å². The van der Waals surface area contributed by atoms with Crippen molar-refractivity contribution >= 4 is 10.4 Å². The number of H-pyrrole nitrogens is 1. The Kier molecular flexibility index (Phi) is 19.7. The molecule has 172 valence electrons. The molecule has 0 aromatic carbocycles. The van der Waals surface area contributed by atoms with E-state index in [4.69, 9.17) is 4.55 Å². The predicted octanol–water partition coefficient (Wildman–Crippen LogP) is 6.65. The number of nitrogens with one attached hydrogen (secondary N) is 1. The molecule has 0 aliphatic heterocycles. The maximum Gasteiger partial charge on any atom is 0.397 e. The normalized spacial score (nSPS) is 11.3. The SMILES string of the molecule is CCCCCCCCCCCCCCCCCCc1ncc[nH]1.COS(=O)(=O)O. The van der Waals surface area contributed by atoms with E-state index in [1.807, 2.05) is 12.4 Å². The van der Waals surface area contributed by atoms with E-state index in [2.05, 4.69) is 21.1 Å². The lowest BCUT2D eigenvalue weighted by Gasteiger charge is -2.03. The van der Waals surface area contributed by atoms with Gasteiger partial charge in [0.2, 0.25) is 0 Å². The highest BCUT2D eigenvalue weighted by Crippen LogP contribution is 2.14. The molecule has 0 saturated carbocycles. The molecule has 0 aliphatic rings. The highest BCUT2D eigenvalue weighted by atomic mass is 32.3. The zero-order valence-corrected chi connectivity index (χ0v) is 19.5. The topological polar surface area (TPSA) is 92.3 Å². The first-order valence-corrected chi connectivity index (χ1v) is 12.9. The lowest BCUT2D eigenvalue weighted by Crippen LogP contribution is -1.96. The first kappa shape index (κ1) is 28.1. The van der Waals surface area contributed by atoms with E-state index in [9.17, 15) is 8.42 Å². The van der Waals surface area contributed by atoms with E-state index in [0.717, 1.165) is 19.4 Å². The minimum atomic E-state index is -4.16. The van der Waals surface area contributed by atoms with Crippen molar-refractivity contribution < 1.29 is 17.2 Å². The molecule has 1 rings (SSSR count). The maximum atomic E-state index is 9.33. The van der Waals surface area contributed by atoms with Crippen molar-refractivity contribution in [2.45, 2.75) is 116 Å². The van der Waals surface area contributed by atoms with Crippen LogP contribution in [0.2, 0.25) is 0 Å². The first-order chi connectivity index (χ1) is 14.0. The second-order valence-corrected chi connectivity index (χ2v) is 8.87. The Balaban J connectivity index is 0.00000113. The zero-order valence-electron chi connectivity index (χ0n) is 18.7. The van der Waals surface area contributed by atoms with Crippen molar-refractivity contribution in [1.82, 2.24) is 9.97 Å². The fourth-order valence-corrected chi connectivity index (χ4v) is 3.28. The van der Waals surface area contributed by atoms with Crippen LogP contribution >= 0.6 is 0 Å². The molecule has 0 unspecified atom stereocenters. The highest BCUT2D eigenvalue weighted by Gasteiger charge is 1.96. The van der Waals surface area contributed by atoms with Gasteiger partial charge in [-0.25, -0.2) is 4.98 Å². The van der Waals surface area contributed by atoms with Gasteiger partial charge in [-0.3, -0.25) is 8.74 Å². The summed E-state index contributed by atoms with van der Waals surface area (Å²) in [6, 6.07) is 0. The maximum absolute atomic E-state index is 9.33. The standard InChI is InChI=1S/C21H40N2.CH4O4S/c1-2-3-4-5-6-7-8-9-10-11-12-13-14-15-16-17-18-21-22-19-20-23-21;1-5-6(2,3)4/h19-20H,2-18H2,1H3,(H,22,23);1H3,(H,2,3,4). The van der Waals surface area contributed by atoms with Crippen LogP contribution in [0, 0.1) is 0 Å². The molecular formula is C22H44N2O4S. The summed E-state index contributed by atoms with van der Waals surface area (Å²) >= 11 is 0. The molecule has 0 radical (unpaired) electrons. The molecule has 29 heavy (non-hydrogen) atoms. The van der Waals surface area contributed by atoms with Gasteiger partial charge < -0.3 is 4.98 Å². The monoisotopic (exact) mass is 432 g/mol. The van der Waals surface area contributed by atoms with E-state index < -0.39 is 10.4 Å². The van der Waals surface area contributed by atoms with Gasteiger partial charge in [-0.05, 0) is 6.42 Å². The summed E-state index contributed by atoms with van der Waals surface area (Å²) in [5.74, 6) is 1.15. The van der Waals surface area contributed by atoms with Crippen LogP contribution in [-0.4, -0.2) is 30.0 Å². The molecular weight excluding hydrogens is 388 g/mol.